The smallest absolute Gasteiger partial charge is 0.222 e. The summed E-state index contributed by atoms with van der Waals surface area (Å²) in [6.07, 6.45) is 4.02. The molecule has 0 bridgehead atoms. The molecule has 0 spiro atoms. The number of benzene rings is 1. The molecule has 1 aromatic carbocycles. The van der Waals surface area contributed by atoms with Gasteiger partial charge in [-0.2, -0.15) is 0 Å². The van der Waals surface area contributed by atoms with Crippen LogP contribution in [0.15, 0.2) is 48.8 Å². The Labute approximate surface area is 142 Å². The van der Waals surface area contributed by atoms with E-state index in [2.05, 4.69) is 39.9 Å². The summed E-state index contributed by atoms with van der Waals surface area (Å²) in [5, 5.41) is 6.36. The van der Waals surface area contributed by atoms with E-state index in [1.807, 2.05) is 19.1 Å². The van der Waals surface area contributed by atoms with Crippen LogP contribution in [0.3, 0.4) is 0 Å². The van der Waals surface area contributed by atoms with Gasteiger partial charge >= 0.3 is 0 Å². The van der Waals surface area contributed by atoms with Crippen LogP contribution in [-0.2, 0) is 9.53 Å². The van der Waals surface area contributed by atoms with Gasteiger partial charge in [-0.3, -0.25) is 9.78 Å². The van der Waals surface area contributed by atoms with Crippen molar-refractivity contribution in [2.75, 3.05) is 19.8 Å². The third-order valence-electron chi connectivity index (χ3n) is 4.23. The number of morpholine rings is 1. The summed E-state index contributed by atoms with van der Waals surface area (Å²) in [6.45, 7) is 4.13. The van der Waals surface area contributed by atoms with Crippen LogP contribution in [0.25, 0.3) is 11.1 Å². The lowest BCUT2D eigenvalue weighted by molar-refractivity contribution is -0.122. The highest BCUT2D eigenvalue weighted by Gasteiger charge is 2.18. The topological polar surface area (TPSA) is 63.2 Å². The molecule has 1 aliphatic rings. The Morgan fingerprint density at radius 2 is 1.96 bits per heavy atom. The fraction of sp³-hybridized carbons (Fsp3) is 0.368. The van der Waals surface area contributed by atoms with Gasteiger partial charge in [0, 0.05) is 31.4 Å². The lowest BCUT2D eigenvalue weighted by atomic mass is 10.0. The summed E-state index contributed by atoms with van der Waals surface area (Å²) < 4.78 is 5.38. The highest BCUT2D eigenvalue weighted by Crippen LogP contribution is 2.21. The third kappa shape index (κ3) is 4.40. The summed E-state index contributed by atoms with van der Waals surface area (Å²) in [7, 11) is 0. The highest BCUT2D eigenvalue weighted by molar-refractivity contribution is 5.77. The Hall–Kier alpha value is -2.24. The van der Waals surface area contributed by atoms with Gasteiger partial charge in [0.25, 0.3) is 0 Å². The fourth-order valence-corrected chi connectivity index (χ4v) is 2.87. The SMILES string of the molecule is CC(NC(=O)CC1COCCN1)c1ccc(-c2ccncc2)cc1. The Kier molecular flexibility index (Phi) is 5.56. The third-order valence-corrected chi connectivity index (χ3v) is 4.23. The van der Waals surface area contributed by atoms with E-state index in [1.165, 1.54) is 0 Å². The number of aromatic nitrogens is 1. The van der Waals surface area contributed by atoms with E-state index in [9.17, 15) is 4.79 Å². The summed E-state index contributed by atoms with van der Waals surface area (Å²) >= 11 is 0. The largest absolute Gasteiger partial charge is 0.378 e. The van der Waals surface area contributed by atoms with Crippen LogP contribution in [0, 0.1) is 0 Å². The van der Waals surface area contributed by atoms with E-state index in [1.54, 1.807) is 12.4 Å². The molecule has 126 valence electrons. The van der Waals surface area contributed by atoms with Crippen LogP contribution in [0.4, 0.5) is 0 Å². The number of hydrogen-bond acceptors (Lipinski definition) is 4. The van der Waals surface area contributed by atoms with E-state index >= 15 is 0 Å². The van der Waals surface area contributed by atoms with Gasteiger partial charge in [0.2, 0.25) is 5.91 Å². The molecule has 2 aromatic rings. The summed E-state index contributed by atoms with van der Waals surface area (Å²) in [5.74, 6) is 0.0451. The van der Waals surface area contributed by atoms with Gasteiger partial charge in [-0.05, 0) is 35.7 Å². The second-order valence-electron chi connectivity index (χ2n) is 6.08. The van der Waals surface area contributed by atoms with E-state index in [0.717, 1.165) is 29.8 Å². The number of hydrogen-bond donors (Lipinski definition) is 2. The first-order valence-electron chi connectivity index (χ1n) is 8.33. The number of nitrogens with zero attached hydrogens (tertiary/aromatic N) is 1. The van der Waals surface area contributed by atoms with Gasteiger partial charge in [-0.15, -0.1) is 0 Å². The van der Waals surface area contributed by atoms with Gasteiger partial charge in [0.15, 0.2) is 0 Å². The Morgan fingerprint density at radius 3 is 2.62 bits per heavy atom. The van der Waals surface area contributed by atoms with Gasteiger partial charge in [-0.25, -0.2) is 0 Å². The molecule has 0 saturated carbocycles. The molecule has 0 radical (unpaired) electrons. The highest BCUT2D eigenvalue weighted by atomic mass is 16.5. The number of rotatable bonds is 5. The lowest BCUT2D eigenvalue weighted by Gasteiger charge is -2.24. The van der Waals surface area contributed by atoms with Crippen LogP contribution >= 0.6 is 0 Å². The molecule has 1 aliphatic heterocycles. The van der Waals surface area contributed by atoms with Crippen molar-refractivity contribution in [3.63, 3.8) is 0 Å². The molecular weight excluding hydrogens is 302 g/mol. The molecule has 24 heavy (non-hydrogen) atoms. The van der Waals surface area contributed by atoms with Crippen LogP contribution in [0.5, 0.6) is 0 Å². The van der Waals surface area contributed by atoms with E-state index in [4.69, 9.17) is 4.74 Å². The number of carbonyl (C=O) groups excluding carboxylic acids is 1. The van der Waals surface area contributed by atoms with E-state index in [-0.39, 0.29) is 18.0 Å². The molecule has 1 aromatic heterocycles. The molecule has 5 heteroatoms. The molecule has 1 amide bonds. The molecule has 2 N–H and O–H groups in total. The molecule has 1 saturated heterocycles. The second kappa shape index (κ2) is 8.04. The number of nitrogens with one attached hydrogen (secondary N) is 2. The van der Waals surface area contributed by atoms with E-state index in [0.29, 0.717) is 13.0 Å². The molecule has 2 heterocycles. The van der Waals surface area contributed by atoms with Crippen LogP contribution in [-0.4, -0.2) is 36.7 Å². The first-order chi connectivity index (χ1) is 11.7. The van der Waals surface area contributed by atoms with E-state index < -0.39 is 0 Å². The molecule has 1 fully saturated rings. The zero-order valence-corrected chi connectivity index (χ0v) is 13.9. The number of pyridine rings is 1. The van der Waals surface area contributed by atoms with Gasteiger partial charge in [-0.1, -0.05) is 24.3 Å². The average molecular weight is 325 g/mol. The van der Waals surface area contributed by atoms with Gasteiger partial charge in [0.1, 0.15) is 0 Å². The maximum Gasteiger partial charge on any atom is 0.222 e. The fourth-order valence-electron chi connectivity index (χ4n) is 2.87. The first kappa shape index (κ1) is 16.6. The summed E-state index contributed by atoms with van der Waals surface area (Å²) in [4.78, 5) is 16.2. The lowest BCUT2D eigenvalue weighted by Crippen LogP contribution is -2.44. The Balaban J connectivity index is 1.56. The summed E-state index contributed by atoms with van der Waals surface area (Å²) in [5.41, 5.74) is 3.37. The predicted octanol–water partition coefficient (Wildman–Crippen LogP) is 2.30. The van der Waals surface area contributed by atoms with Crippen molar-refractivity contribution in [1.82, 2.24) is 15.6 Å². The maximum atomic E-state index is 12.2. The molecule has 5 nitrogen and oxygen atoms in total. The summed E-state index contributed by atoms with van der Waals surface area (Å²) in [6, 6.07) is 12.3. The molecule has 2 unspecified atom stereocenters. The zero-order chi connectivity index (χ0) is 16.8. The minimum absolute atomic E-state index is 0.0199. The molecule has 3 rings (SSSR count). The van der Waals surface area contributed by atoms with Crippen molar-refractivity contribution in [3.8, 4) is 11.1 Å². The predicted molar refractivity (Wildman–Crippen MR) is 93.5 cm³/mol. The first-order valence-corrected chi connectivity index (χ1v) is 8.33. The Morgan fingerprint density at radius 1 is 1.25 bits per heavy atom. The monoisotopic (exact) mass is 325 g/mol. The maximum absolute atomic E-state index is 12.2. The second-order valence-corrected chi connectivity index (χ2v) is 6.08. The van der Waals surface area contributed by atoms with Crippen molar-refractivity contribution in [2.24, 2.45) is 0 Å². The minimum atomic E-state index is -0.0199. The van der Waals surface area contributed by atoms with Crippen molar-refractivity contribution in [1.29, 1.82) is 0 Å². The van der Waals surface area contributed by atoms with Crippen molar-refractivity contribution < 1.29 is 9.53 Å². The van der Waals surface area contributed by atoms with Gasteiger partial charge < -0.3 is 15.4 Å². The molecule has 2 atom stereocenters. The van der Waals surface area contributed by atoms with Crippen molar-refractivity contribution in [3.05, 3.63) is 54.4 Å². The number of amides is 1. The normalized spacial score (nSPS) is 18.8. The number of carbonyl (C=O) groups is 1. The van der Waals surface area contributed by atoms with Crippen LogP contribution in [0.2, 0.25) is 0 Å². The molecular formula is C19H23N3O2. The van der Waals surface area contributed by atoms with Gasteiger partial charge in [0.05, 0.1) is 19.3 Å². The van der Waals surface area contributed by atoms with Crippen molar-refractivity contribution in [2.45, 2.75) is 25.4 Å². The number of ether oxygens (including phenoxy) is 1. The zero-order valence-electron chi connectivity index (χ0n) is 13.9. The Bertz CT molecular complexity index is 652. The van der Waals surface area contributed by atoms with Crippen molar-refractivity contribution >= 4 is 5.91 Å². The standard InChI is InChI=1S/C19H23N3O2/c1-14(22-19(23)12-18-13-24-11-10-21-18)15-2-4-16(5-3-15)17-6-8-20-9-7-17/h2-9,14,18,21H,10-13H2,1H3,(H,22,23). The minimum Gasteiger partial charge on any atom is -0.378 e. The van der Waals surface area contributed by atoms with Crippen LogP contribution in [0.1, 0.15) is 24.9 Å². The van der Waals surface area contributed by atoms with Crippen LogP contribution < -0.4 is 10.6 Å². The quantitative estimate of drug-likeness (QED) is 0.885. The molecule has 0 aliphatic carbocycles. The average Bonchev–Trinajstić information content (AvgIpc) is 2.63.